The predicted molar refractivity (Wildman–Crippen MR) is 71.0 cm³/mol. The maximum atomic E-state index is 12.4. The summed E-state index contributed by atoms with van der Waals surface area (Å²) >= 11 is 0. The topological polar surface area (TPSA) is 42.0 Å². The first-order valence-electron chi connectivity index (χ1n) is 7.40. The molecule has 0 aromatic carbocycles. The third-order valence-corrected chi connectivity index (χ3v) is 4.93. The molecular formula is C14H24N2O3. The summed E-state index contributed by atoms with van der Waals surface area (Å²) in [6, 6.07) is 0. The summed E-state index contributed by atoms with van der Waals surface area (Å²) in [5.41, 5.74) is 0.243. The minimum atomic E-state index is -0.164. The zero-order chi connectivity index (χ0) is 13.3. The molecule has 3 aliphatic heterocycles. The van der Waals surface area contributed by atoms with Crippen LogP contribution in [-0.4, -0.2) is 73.9 Å². The fourth-order valence-electron chi connectivity index (χ4n) is 3.62. The van der Waals surface area contributed by atoms with E-state index in [4.69, 9.17) is 9.47 Å². The van der Waals surface area contributed by atoms with Crippen LogP contribution in [0.3, 0.4) is 0 Å². The van der Waals surface area contributed by atoms with Gasteiger partial charge in [0.15, 0.2) is 0 Å². The highest BCUT2D eigenvalue weighted by Gasteiger charge is 2.50. The van der Waals surface area contributed by atoms with Gasteiger partial charge in [0.2, 0.25) is 0 Å². The largest absolute Gasteiger partial charge is 0.383 e. The SMILES string of the molecule is COCCN1CC[C@@]12CCN(C(=O)[C@H]1CCCO1)C2. The first-order chi connectivity index (χ1) is 9.25. The van der Waals surface area contributed by atoms with Crippen molar-refractivity contribution in [3.63, 3.8) is 0 Å². The molecule has 3 saturated heterocycles. The quantitative estimate of drug-likeness (QED) is 0.744. The Bertz CT molecular complexity index is 344. The van der Waals surface area contributed by atoms with Crippen LogP contribution in [0, 0.1) is 0 Å². The number of carbonyl (C=O) groups is 1. The number of hydrogen-bond donors (Lipinski definition) is 0. The number of amides is 1. The van der Waals surface area contributed by atoms with E-state index < -0.39 is 0 Å². The van der Waals surface area contributed by atoms with E-state index in [1.165, 1.54) is 6.42 Å². The Kier molecular flexibility index (Phi) is 3.78. The van der Waals surface area contributed by atoms with Crippen LogP contribution >= 0.6 is 0 Å². The lowest BCUT2D eigenvalue weighted by molar-refractivity contribution is -0.141. The van der Waals surface area contributed by atoms with Crippen LogP contribution in [0.25, 0.3) is 0 Å². The smallest absolute Gasteiger partial charge is 0.251 e. The van der Waals surface area contributed by atoms with Crippen molar-refractivity contribution in [3.8, 4) is 0 Å². The molecule has 0 aromatic rings. The molecule has 3 aliphatic rings. The lowest BCUT2D eigenvalue weighted by atomic mass is 9.84. The predicted octanol–water partition coefficient (Wildman–Crippen LogP) is 0.489. The van der Waals surface area contributed by atoms with Crippen molar-refractivity contribution >= 4 is 5.91 Å². The third-order valence-electron chi connectivity index (χ3n) is 4.93. The van der Waals surface area contributed by atoms with Gasteiger partial charge in [-0.05, 0) is 25.7 Å². The fourth-order valence-corrected chi connectivity index (χ4v) is 3.62. The number of hydrogen-bond acceptors (Lipinski definition) is 4. The summed E-state index contributed by atoms with van der Waals surface area (Å²) in [5.74, 6) is 0.216. The van der Waals surface area contributed by atoms with E-state index >= 15 is 0 Å². The highest BCUT2D eigenvalue weighted by Crippen LogP contribution is 2.39. The molecule has 0 aromatic heterocycles. The number of likely N-dealkylation sites (tertiary alicyclic amines) is 2. The van der Waals surface area contributed by atoms with Gasteiger partial charge in [0.05, 0.1) is 6.61 Å². The van der Waals surface area contributed by atoms with Crippen LogP contribution in [-0.2, 0) is 14.3 Å². The highest BCUT2D eigenvalue weighted by atomic mass is 16.5. The van der Waals surface area contributed by atoms with Crippen LogP contribution in [0.4, 0.5) is 0 Å². The van der Waals surface area contributed by atoms with Gasteiger partial charge < -0.3 is 14.4 Å². The number of methoxy groups -OCH3 is 1. The molecule has 0 aliphatic carbocycles. The molecule has 5 nitrogen and oxygen atoms in total. The lowest BCUT2D eigenvalue weighted by Gasteiger charge is -2.50. The zero-order valence-corrected chi connectivity index (χ0v) is 11.8. The van der Waals surface area contributed by atoms with Crippen molar-refractivity contribution in [2.45, 2.75) is 37.3 Å². The summed E-state index contributed by atoms with van der Waals surface area (Å²) < 4.78 is 10.7. The highest BCUT2D eigenvalue weighted by molar-refractivity contribution is 5.81. The number of rotatable bonds is 4. The summed E-state index contributed by atoms with van der Waals surface area (Å²) in [6.07, 6.45) is 4.08. The zero-order valence-electron chi connectivity index (χ0n) is 11.8. The normalized spacial score (nSPS) is 35.0. The second kappa shape index (κ2) is 5.38. The van der Waals surface area contributed by atoms with Gasteiger partial charge in [0.1, 0.15) is 6.10 Å². The Balaban J connectivity index is 1.56. The third kappa shape index (κ3) is 2.39. The van der Waals surface area contributed by atoms with Crippen LogP contribution in [0.2, 0.25) is 0 Å². The molecule has 0 saturated carbocycles. The summed E-state index contributed by atoms with van der Waals surface area (Å²) in [5, 5.41) is 0. The number of nitrogens with zero attached hydrogens (tertiary/aromatic N) is 2. The molecule has 1 spiro atoms. The maximum absolute atomic E-state index is 12.4. The monoisotopic (exact) mass is 268 g/mol. The second-order valence-corrected chi connectivity index (χ2v) is 5.97. The van der Waals surface area contributed by atoms with Crippen LogP contribution < -0.4 is 0 Å². The Labute approximate surface area is 114 Å². The lowest BCUT2D eigenvalue weighted by Crippen LogP contribution is -2.62. The minimum Gasteiger partial charge on any atom is -0.383 e. The van der Waals surface area contributed by atoms with Crippen molar-refractivity contribution in [1.82, 2.24) is 9.80 Å². The Morgan fingerprint density at radius 3 is 2.89 bits per heavy atom. The Hall–Kier alpha value is -0.650. The summed E-state index contributed by atoms with van der Waals surface area (Å²) in [6.45, 7) is 5.43. The average Bonchev–Trinajstić information content (AvgIpc) is 3.08. The van der Waals surface area contributed by atoms with Gasteiger partial charge in [-0.15, -0.1) is 0 Å². The number of ether oxygens (including phenoxy) is 2. The van der Waals surface area contributed by atoms with E-state index in [0.717, 1.165) is 58.7 Å². The molecule has 3 heterocycles. The first-order valence-corrected chi connectivity index (χ1v) is 7.40. The van der Waals surface area contributed by atoms with Crippen molar-refractivity contribution in [3.05, 3.63) is 0 Å². The minimum absolute atomic E-state index is 0.164. The fraction of sp³-hybridized carbons (Fsp3) is 0.929. The molecule has 5 heteroatoms. The standard InChI is InChI=1S/C14H24N2O3/c1-18-10-8-16-7-5-14(16)4-6-15(11-14)13(17)12-3-2-9-19-12/h12H,2-11H2,1H3/t12-,14-/m1/s1. The molecular weight excluding hydrogens is 244 g/mol. The van der Waals surface area contributed by atoms with Gasteiger partial charge in [0, 0.05) is 45.4 Å². The van der Waals surface area contributed by atoms with E-state index in [0.29, 0.717) is 0 Å². The second-order valence-electron chi connectivity index (χ2n) is 5.97. The summed E-state index contributed by atoms with van der Waals surface area (Å²) in [4.78, 5) is 16.9. The molecule has 108 valence electrons. The van der Waals surface area contributed by atoms with Crippen molar-refractivity contribution in [2.75, 3.05) is 46.5 Å². The Morgan fingerprint density at radius 1 is 1.42 bits per heavy atom. The van der Waals surface area contributed by atoms with Gasteiger partial charge in [-0.25, -0.2) is 0 Å². The van der Waals surface area contributed by atoms with Crippen LogP contribution in [0.1, 0.15) is 25.7 Å². The molecule has 1 amide bonds. The van der Waals surface area contributed by atoms with E-state index in [-0.39, 0.29) is 17.6 Å². The van der Waals surface area contributed by atoms with E-state index in [1.54, 1.807) is 7.11 Å². The maximum Gasteiger partial charge on any atom is 0.251 e. The van der Waals surface area contributed by atoms with Gasteiger partial charge in [-0.3, -0.25) is 9.69 Å². The molecule has 2 atom stereocenters. The molecule has 3 rings (SSSR count). The Morgan fingerprint density at radius 2 is 2.26 bits per heavy atom. The molecule has 0 N–H and O–H groups in total. The first kappa shape index (κ1) is 13.3. The number of carbonyl (C=O) groups excluding carboxylic acids is 1. The van der Waals surface area contributed by atoms with Gasteiger partial charge in [-0.2, -0.15) is 0 Å². The van der Waals surface area contributed by atoms with E-state index in [1.807, 2.05) is 4.90 Å². The van der Waals surface area contributed by atoms with Gasteiger partial charge >= 0.3 is 0 Å². The van der Waals surface area contributed by atoms with Crippen molar-refractivity contribution in [2.24, 2.45) is 0 Å². The molecule has 0 bridgehead atoms. The molecule has 0 radical (unpaired) electrons. The molecule has 0 unspecified atom stereocenters. The van der Waals surface area contributed by atoms with Crippen molar-refractivity contribution < 1.29 is 14.3 Å². The van der Waals surface area contributed by atoms with Crippen molar-refractivity contribution in [1.29, 1.82) is 0 Å². The van der Waals surface area contributed by atoms with Crippen LogP contribution in [0.5, 0.6) is 0 Å². The molecule has 19 heavy (non-hydrogen) atoms. The van der Waals surface area contributed by atoms with Crippen LogP contribution in [0.15, 0.2) is 0 Å². The van der Waals surface area contributed by atoms with Gasteiger partial charge in [0.25, 0.3) is 5.91 Å². The van der Waals surface area contributed by atoms with E-state index in [9.17, 15) is 4.79 Å². The summed E-state index contributed by atoms with van der Waals surface area (Å²) in [7, 11) is 1.74. The molecule has 3 fully saturated rings. The van der Waals surface area contributed by atoms with E-state index in [2.05, 4.69) is 4.90 Å². The van der Waals surface area contributed by atoms with Gasteiger partial charge in [-0.1, -0.05) is 0 Å². The average molecular weight is 268 g/mol.